The average molecular weight is 323 g/mol. The molecule has 1 heterocycles. The predicted octanol–water partition coefficient (Wildman–Crippen LogP) is 2.17. The maximum atomic E-state index is 13.6. The van der Waals surface area contributed by atoms with Crippen molar-refractivity contribution in [2.75, 3.05) is 19.9 Å². The molecule has 1 unspecified atom stereocenters. The molecule has 1 amide bonds. The summed E-state index contributed by atoms with van der Waals surface area (Å²) in [6, 6.07) is 2.87. The van der Waals surface area contributed by atoms with Crippen LogP contribution in [-0.4, -0.2) is 32.0 Å². The molecule has 1 aromatic carbocycles. The highest BCUT2D eigenvalue weighted by atomic mass is 19.1. The van der Waals surface area contributed by atoms with Crippen LogP contribution in [0.5, 0.6) is 5.75 Å². The van der Waals surface area contributed by atoms with Crippen LogP contribution in [0.2, 0.25) is 0 Å². The van der Waals surface area contributed by atoms with Crippen molar-refractivity contribution in [1.82, 2.24) is 5.32 Å². The molecule has 0 spiro atoms. The molecule has 0 bridgehead atoms. The van der Waals surface area contributed by atoms with Gasteiger partial charge in [0.25, 0.3) is 0 Å². The van der Waals surface area contributed by atoms with Crippen LogP contribution < -0.4 is 10.1 Å². The normalized spacial score (nSPS) is 18.0. The van der Waals surface area contributed by atoms with E-state index in [4.69, 9.17) is 14.2 Å². The number of nitrogens with one attached hydrogen (secondary N) is 1. The highest BCUT2D eigenvalue weighted by Crippen LogP contribution is 2.30. The molecule has 1 N–H and O–H groups in total. The van der Waals surface area contributed by atoms with E-state index >= 15 is 0 Å². The lowest BCUT2D eigenvalue weighted by atomic mass is 10.1. The van der Waals surface area contributed by atoms with Crippen LogP contribution in [0.3, 0.4) is 0 Å². The molecule has 2 aliphatic rings. The summed E-state index contributed by atoms with van der Waals surface area (Å²) < 4.78 is 29.8. The zero-order valence-corrected chi connectivity index (χ0v) is 13.3. The average Bonchev–Trinajstić information content (AvgIpc) is 3.36. The molecular formula is C17H22FNO4. The minimum absolute atomic E-state index is 0.139. The van der Waals surface area contributed by atoms with Crippen LogP contribution in [0.1, 0.15) is 30.9 Å². The van der Waals surface area contributed by atoms with E-state index in [9.17, 15) is 9.18 Å². The molecule has 1 aliphatic heterocycles. The molecule has 23 heavy (non-hydrogen) atoms. The molecular weight excluding hydrogens is 301 g/mol. The first kappa shape index (κ1) is 16.2. The van der Waals surface area contributed by atoms with E-state index in [1.165, 1.54) is 25.0 Å². The van der Waals surface area contributed by atoms with Crippen molar-refractivity contribution < 1.29 is 23.4 Å². The molecule has 126 valence electrons. The van der Waals surface area contributed by atoms with Gasteiger partial charge in [-0.25, -0.2) is 4.39 Å². The third-order valence-corrected chi connectivity index (χ3v) is 4.09. The summed E-state index contributed by atoms with van der Waals surface area (Å²) in [6.45, 7) is 3.33. The third kappa shape index (κ3) is 4.42. The van der Waals surface area contributed by atoms with E-state index < -0.39 is 6.10 Å². The molecule has 5 nitrogen and oxygen atoms in total. The first-order chi connectivity index (χ1) is 11.1. The topological polar surface area (TPSA) is 56.8 Å². The Labute approximate surface area is 135 Å². The molecule has 1 fully saturated rings. The molecule has 1 atom stereocenters. The summed E-state index contributed by atoms with van der Waals surface area (Å²) in [4.78, 5) is 12.0. The van der Waals surface area contributed by atoms with Crippen molar-refractivity contribution in [3.8, 4) is 5.75 Å². The maximum Gasteiger partial charge on any atom is 0.248 e. The second-order valence-corrected chi connectivity index (χ2v) is 6.12. The first-order valence-corrected chi connectivity index (χ1v) is 8.04. The van der Waals surface area contributed by atoms with Gasteiger partial charge in [-0.2, -0.15) is 0 Å². The second kappa shape index (κ2) is 7.27. The smallest absolute Gasteiger partial charge is 0.248 e. The van der Waals surface area contributed by atoms with E-state index in [2.05, 4.69) is 5.32 Å². The lowest BCUT2D eigenvalue weighted by Gasteiger charge is -2.21. The lowest BCUT2D eigenvalue weighted by Crippen LogP contribution is -2.36. The maximum absolute atomic E-state index is 13.6. The highest BCUT2D eigenvalue weighted by Gasteiger charge is 2.24. The SMILES string of the molecule is CC(OCC1CC1)C(=O)NCCc1cc(F)cc2c1OCOC2. The van der Waals surface area contributed by atoms with Crippen LogP contribution >= 0.6 is 0 Å². The minimum atomic E-state index is -0.457. The van der Waals surface area contributed by atoms with E-state index in [-0.39, 0.29) is 18.5 Å². The zero-order chi connectivity index (χ0) is 16.2. The van der Waals surface area contributed by atoms with E-state index in [0.29, 0.717) is 43.4 Å². The second-order valence-electron chi connectivity index (χ2n) is 6.12. The number of carbonyl (C=O) groups is 1. The van der Waals surface area contributed by atoms with Gasteiger partial charge in [-0.05, 0) is 49.8 Å². The molecule has 0 aromatic heterocycles. The van der Waals surface area contributed by atoms with Crippen LogP contribution in [0.25, 0.3) is 0 Å². The number of ether oxygens (including phenoxy) is 3. The number of carbonyl (C=O) groups excluding carboxylic acids is 1. The van der Waals surface area contributed by atoms with Gasteiger partial charge in [0.1, 0.15) is 17.7 Å². The van der Waals surface area contributed by atoms with Gasteiger partial charge in [0.05, 0.1) is 13.2 Å². The number of halogens is 1. The summed E-state index contributed by atoms with van der Waals surface area (Å²) in [7, 11) is 0. The Morgan fingerprint density at radius 2 is 2.30 bits per heavy atom. The quantitative estimate of drug-likeness (QED) is 0.835. The number of benzene rings is 1. The monoisotopic (exact) mass is 323 g/mol. The number of hydrogen-bond donors (Lipinski definition) is 1. The van der Waals surface area contributed by atoms with Crippen molar-refractivity contribution in [2.45, 2.75) is 38.9 Å². The lowest BCUT2D eigenvalue weighted by molar-refractivity contribution is -0.131. The largest absolute Gasteiger partial charge is 0.467 e. The molecule has 1 aliphatic carbocycles. The summed E-state index contributed by atoms with van der Waals surface area (Å²) >= 11 is 0. The first-order valence-electron chi connectivity index (χ1n) is 8.04. The third-order valence-electron chi connectivity index (χ3n) is 4.09. The van der Waals surface area contributed by atoms with Gasteiger partial charge < -0.3 is 19.5 Å². The molecule has 1 aromatic rings. The number of amides is 1. The Kier molecular flexibility index (Phi) is 5.13. The van der Waals surface area contributed by atoms with Crippen LogP contribution in [-0.2, 0) is 27.3 Å². The van der Waals surface area contributed by atoms with Crippen molar-refractivity contribution >= 4 is 5.91 Å². The van der Waals surface area contributed by atoms with Crippen molar-refractivity contribution in [1.29, 1.82) is 0 Å². The Morgan fingerprint density at radius 1 is 1.48 bits per heavy atom. The molecule has 3 rings (SSSR count). The number of hydrogen-bond acceptors (Lipinski definition) is 4. The van der Waals surface area contributed by atoms with Crippen LogP contribution in [0.15, 0.2) is 12.1 Å². The zero-order valence-electron chi connectivity index (χ0n) is 13.3. The van der Waals surface area contributed by atoms with Gasteiger partial charge in [0.2, 0.25) is 5.91 Å². The Bertz CT molecular complexity index is 574. The number of fused-ring (bicyclic) bond motifs is 1. The van der Waals surface area contributed by atoms with Crippen molar-refractivity contribution in [3.63, 3.8) is 0 Å². The van der Waals surface area contributed by atoms with Gasteiger partial charge >= 0.3 is 0 Å². The fourth-order valence-electron chi connectivity index (χ4n) is 2.55. The van der Waals surface area contributed by atoms with E-state index in [0.717, 1.165) is 5.56 Å². The van der Waals surface area contributed by atoms with E-state index in [1.54, 1.807) is 6.92 Å². The Morgan fingerprint density at radius 3 is 3.09 bits per heavy atom. The summed E-state index contributed by atoms with van der Waals surface area (Å²) in [5.41, 5.74) is 1.45. The fraction of sp³-hybridized carbons (Fsp3) is 0.588. The molecule has 0 radical (unpaired) electrons. The van der Waals surface area contributed by atoms with Gasteiger partial charge in [0, 0.05) is 12.1 Å². The summed E-state index contributed by atoms with van der Waals surface area (Å²) in [6.07, 6.45) is 2.44. The standard InChI is InChI=1S/C17H22FNO4/c1-11(22-8-12-2-3-12)17(20)19-5-4-13-6-15(18)7-14-9-21-10-23-16(13)14/h6-7,11-12H,2-5,8-10H2,1H3,(H,19,20). The Balaban J connectivity index is 1.50. The highest BCUT2D eigenvalue weighted by molar-refractivity contribution is 5.80. The van der Waals surface area contributed by atoms with Gasteiger partial charge in [-0.15, -0.1) is 0 Å². The molecule has 6 heteroatoms. The minimum Gasteiger partial charge on any atom is -0.467 e. The van der Waals surface area contributed by atoms with Gasteiger partial charge in [-0.3, -0.25) is 4.79 Å². The predicted molar refractivity (Wildman–Crippen MR) is 81.5 cm³/mol. The Hall–Kier alpha value is -1.66. The van der Waals surface area contributed by atoms with Crippen LogP contribution in [0.4, 0.5) is 4.39 Å². The van der Waals surface area contributed by atoms with Crippen LogP contribution in [0, 0.1) is 11.7 Å². The molecule has 1 saturated carbocycles. The summed E-state index contributed by atoms with van der Waals surface area (Å²) in [5.74, 6) is 0.842. The van der Waals surface area contributed by atoms with Gasteiger partial charge in [0.15, 0.2) is 6.79 Å². The van der Waals surface area contributed by atoms with Gasteiger partial charge in [-0.1, -0.05) is 0 Å². The molecule has 0 saturated heterocycles. The van der Waals surface area contributed by atoms with E-state index in [1.807, 2.05) is 0 Å². The summed E-state index contributed by atoms with van der Waals surface area (Å²) in [5, 5.41) is 2.83. The number of rotatable bonds is 7. The van der Waals surface area contributed by atoms with Crippen molar-refractivity contribution in [2.24, 2.45) is 5.92 Å². The van der Waals surface area contributed by atoms with Crippen molar-refractivity contribution in [3.05, 3.63) is 29.1 Å². The fourth-order valence-corrected chi connectivity index (χ4v) is 2.55.